The smallest absolute Gasteiger partial charge is 0.0798 e. The van der Waals surface area contributed by atoms with E-state index in [0.717, 1.165) is 34.4 Å². The van der Waals surface area contributed by atoms with Gasteiger partial charge < -0.3 is 9.97 Å². The van der Waals surface area contributed by atoms with E-state index in [4.69, 9.17) is 9.97 Å². The Balaban J connectivity index is 0.000000174. The van der Waals surface area contributed by atoms with Gasteiger partial charge >= 0.3 is 0 Å². The Bertz CT molecular complexity index is 2300. The van der Waals surface area contributed by atoms with Crippen LogP contribution in [0.25, 0.3) is 53.8 Å². The monoisotopic (exact) mass is 919 g/mol. The molecule has 2 nitrogen and oxygen atoms in total. The first-order chi connectivity index (χ1) is 25.9. The minimum atomic E-state index is -1.35. The molecular formula is C49H50IrN2SSi-2. The maximum absolute atomic E-state index is 4.76. The Morgan fingerprint density at radius 3 is 2.17 bits per heavy atom. The van der Waals surface area contributed by atoms with Gasteiger partial charge in [0.25, 0.3) is 0 Å². The molecular weight excluding hydrogens is 869 g/mol. The largest absolute Gasteiger partial charge is 0.305 e. The van der Waals surface area contributed by atoms with Crippen LogP contribution >= 0.6 is 11.3 Å². The molecule has 0 saturated heterocycles. The number of pyridine rings is 2. The third-order valence-electron chi connectivity index (χ3n) is 11.4. The number of hydrogen-bond donors (Lipinski definition) is 0. The molecule has 1 radical (unpaired) electrons. The van der Waals surface area contributed by atoms with Gasteiger partial charge in [-0.25, -0.2) is 0 Å². The van der Waals surface area contributed by atoms with Crippen LogP contribution in [0, 0.1) is 24.0 Å². The van der Waals surface area contributed by atoms with Crippen LogP contribution in [0.4, 0.5) is 0 Å². The Morgan fingerprint density at radius 2 is 1.44 bits per heavy atom. The summed E-state index contributed by atoms with van der Waals surface area (Å²) < 4.78 is 2.60. The van der Waals surface area contributed by atoms with Gasteiger partial charge in [-0.3, -0.25) is 0 Å². The minimum absolute atomic E-state index is 0. The Morgan fingerprint density at radius 1 is 0.704 bits per heavy atom. The number of thiophene rings is 1. The Hall–Kier alpha value is -3.73. The van der Waals surface area contributed by atoms with E-state index >= 15 is 0 Å². The quantitative estimate of drug-likeness (QED) is 0.112. The molecule has 4 aromatic carbocycles. The average molecular weight is 919 g/mol. The first-order valence-electron chi connectivity index (χ1n) is 19.7. The predicted molar refractivity (Wildman–Crippen MR) is 230 cm³/mol. The second-order valence-electron chi connectivity index (χ2n) is 16.3. The van der Waals surface area contributed by atoms with Crippen molar-refractivity contribution in [2.45, 2.75) is 83.8 Å². The molecule has 0 bridgehead atoms. The normalized spacial score (nSPS) is 14.9. The Kier molecular flexibility index (Phi) is 12.4. The molecule has 2 saturated carbocycles. The van der Waals surface area contributed by atoms with Gasteiger partial charge in [-0.15, -0.1) is 59.7 Å². The topological polar surface area (TPSA) is 25.8 Å². The summed E-state index contributed by atoms with van der Waals surface area (Å²) in [5.74, 6) is 1.72. The number of rotatable bonds is 8. The zero-order valence-electron chi connectivity index (χ0n) is 31.8. The molecule has 7 aromatic rings. The van der Waals surface area contributed by atoms with E-state index in [1.54, 1.807) is 10.8 Å². The van der Waals surface area contributed by atoms with E-state index in [0.29, 0.717) is 0 Å². The predicted octanol–water partition coefficient (Wildman–Crippen LogP) is 13.1. The SMILES string of the molecule is C[Si](C)(C)c1cnc(-c2[c-]cccc2)cc1CC1CCCC1.[Ir].[c-]1ccc2c(sc3cccc(-c4ccccc4)c32)c1-c1cc(CC2CCCC2)ccn1. The molecule has 0 atom stereocenters. The molecule has 5 heteroatoms. The summed E-state index contributed by atoms with van der Waals surface area (Å²) in [5, 5.41) is 4.18. The van der Waals surface area contributed by atoms with Gasteiger partial charge in [-0.1, -0.05) is 142 Å². The third-order valence-corrected chi connectivity index (χ3v) is 14.6. The maximum Gasteiger partial charge on any atom is 0.0798 e. The Labute approximate surface area is 340 Å². The standard InChI is InChI=1S/C29H24NS.C20H26NSi.Ir/c1-2-10-22(11-3-1)23-12-7-15-27-28(23)25-14-6-13-24(29(25)31-27)26-19-21(16-17-30-26)18-20-8-4-5-9-20;1-22(2,3)20-15-21-19(17-11-5-4-6-12-17)14-18(20)13-16-9-7-8-10-16;/h1-3,6-7,10-12,14-17,19-20H,4-5,8-9,18H2;4-6,11,14-16H,7-10,13H2,1-3H3;/q2*-1;. The van der Waals surface area contributed by atoms with Crippen LogP contribution in [0.1, 0.15) is 62.5 Å². The molecule has 0 aliphatic heterocycles. The summed E-state index contributed by atoms with van der Waals surface area (Å²) in [7, 11) is -1.35. The van der Waals surface area contributed by atoms with Gasteiger partial charge in [0, 0.05) is 37.2 Å². The van der Waals surface area contributed by atoms with Crippen LogP contribution in [0.5, 0.6) is 0 Å². The molecule has 0 N–H and O–H groups in total. The van der Waals surface area contributed by atoms with Crippen molar-refractivity contribution in [3.63, 3.8) is 0 Å². The molecule has 3 aromatic heterocycles. The van der Waals surface area contributed by atoms with E-state index in [9.17, 15) is 0 Å². The van der Waals surface area contributed by atoms with Crippen molar-refractivity contribution in [1.82, 2.24) is 9.97 Å². The van der Waals surface area contributed by atoms with Gasteiger partial charge in [-0.2, -0.15) is 11.3 Å². The molecule has 277 valence electrons. The van der Waals surface area contributed by atoms with Crippen LogP contribution in [-0.4, -0.2) is 18.0 Å². The van der Waals surface area contributed by atoms with Crippen molar-refractivity contribution in [2.24, 2.45) is 11.8 Å². The summed E-state index contributed by atoms with van der Waals surface area (Å²) in [6.45, 7) is 7.28. The van der Waals surface area contributed by atoms with E-state index in [1.807, 2.05) is 29.7 Å². The maximum atomic E-state index is 4.76. The number of aromatic nitrogens is 2. The fourth-order valence-corrected chi connectivity index (χ4v) is 11.5. The zero-order valence-corrected chi connectivity index (χ0v) is 36.0. The summed E-state index contributed by atoms with van der Waals surface area (Å²) in [4.78, 5) is 9.51. The zero-order chi connectivity index (χ0) is 36.2. The fraction of sp³-hybridized carbons (Fsp3) is 0.306. The minimum Gasteiger partial charge on any atom is -0.305 e. The van der Waals surface area contributed by atoms with Crippen LogP contribution in [-0.2, 0) is 32.9 Å². The number of hydrogen-bond acceptors (Lipinski definition) is 3. The molecule has 2 fully saturated rings. The summed E-state index contributed by atoms with van der Waals surface area (Å²) in [5.41, 5.74) is 9.89. The van der Waals surface area contributed by atoms with E-state index in [-0.39, 0.29) is 20.1 Å². The van der Waals surface area contributed by atoms with Gasteiger partial charge in [0.05, 0.1) is 8.07 Å². The summed E-state index contributed by atoms with van der Waals surface area (Å²) >= 11 is 1.86. The number of benzene rings is 4. The van der Waals surface area contributed by atoms with Gasteiger partial charge in [0.1, 0.15) is 0 Å². The molecule has 0 spiro atoms. The first-order valence-corrected chi connectivity index (χ1v) is 24.1. The van der Waals surface area contributed by atoms with Crippen molar-refractivity contribution >= 4 is 44.8 Å². The van der Waals surface area contributed by atoms with Crippen molar-refractivity contribution < 1.29 is 20.1 Å². The molecule has 2 aliphatic carbocycles. The first kappa shape index (κ1) is 38.5. The molecule has 9 rings (SSSR count). The second kappa shape index (κ2) is 17.4. The molecule has 54 heavy (non-hydrogen) atoms. The third kappa shape index (κ3) is 8.71. The van der Waals surface area contributed by atoms with Crippen molar-refractivity contribution in [2.75, 3.05) is 0 Å². The van der Waals surface area contributed by atoms with Crippen molar-refractivity contribution in [3.05, 3.63) is 139 Å². The molecule has 0 amide bonds. The fourth-order valence-electron chi connectivity index (χ4n) is 8.69. The van der Waals surface area contributed by atoms with E-state index in [2.05, 4.69) is 129 Å². The number of fused-ring (bicyclic) bond motifs is 3. The van der Waals surface area contributed by atoms with Crippen LogP contribution < -0.4 is 5.19 Å². The molecule has 0 unspecified atom stereocenters. The van der Waals surface area contributed by atoms with Crippen molar-refractivity contribution in [3.8, 4) is 33.6 Å². The van der Waals surface area contributed by atoms with E-state index < -0.39 is 8.07 Å². The summed E-state index contributed by atoms with van der Waals surface area (Å²) in [6.07, 6.45) is 17.7. The van der Waals surface area contributed by atoms with E-state index in [1.165, 1.54) is 101 Å². The molecule has 3 heterocycles. The van der Waals surface area contributed by atoms with Gasteiger partial charge in [0.2, 0.25) is 0 Å². The van der Waals surface area contributed by atoms with Gasteiger partial charge in [-0.05, 0) is 74.6 Å². The van der Waals surface area contributed by atoms with Crippen molar-refractivity contribution in [1.29, 1.82) is 0 Å². The van der Waals surface area contributed by atoms with Crippen LogP contribution in [0.3, 0.4) is 0 Å². The second-order valence-corrected chi connectivity index (χ2v) is 22.3. The average Bonchev–Trinajstić information content (AvgIpc) is 3.98. The van der Waals surface area contributed by atoms with Crippen LogP contribution in [0.2, 0.25) is 19.6 Å². The summed E-state index contributed by atoms with van der Waals surface area (Å²) in [6, 6.07) is 43.4. The molecule has 2 aliphatic rings. The number of nitrogens with zero attached hydrogens (tertiary/aromatic N) is 2. The van der Waals surface area contributed by atoms with Gasteiger partial charge in [0.15, 0.2) is 0 Å². The van der Waals surface area contributed by atoms with Crippen LogP contribution in [0.15, 0.2) is 116 Å².